The largest absolute Gasteiger partial charge is 0.507 e. The Bertz CT molecular complexity index is 1720. The second kappa shape index (κ2) is 12.1. The molecule has 5 heteroatoms. The molecule has 0 fully saturated rings. The quantitative estimate of drug-likeness (QED) is 0.201. The average molecular weight is 572 g/mol. The molecule has 0 aliphatic rings. The maximum absolute atomic E-state index is 10.8. The number of ether oxygens (including phenoxy) is 1. The Hall–Kier alpha value is -4.35. The minimum Gasteiger partial charge on any atom is -0.507 e. The van der Waals surface area contributed by atoms with Gasteiger partial charge in [-0.3, -0.25) is 0 Å². The molecule has 0 radical (unpaired) electrons. The van der Waals surface area contributed by atoms with Gasteiger partial charge in [0.05, 0.1) is 17.5 Å². The average Bonchev–Trinajstić information content (AvgIpc) is 3.00. The van der Waals surface area contributed by atoms with Crippen LogP contribution in [0.25, 0.3) is 45.0 Å². The van der Waals surface area contributed by atoms with Crippen molar-refractivity contribution in [2.24, 2.45) is 0 Å². The highest BCUT2D eigenvalue weighted by Gasteiger charge is 2.27. The second-order valence-electron chi connectivity index (χ2n) is 13.0. The molecule has 0 bridgehead atoms. The Morgan fingerprint density at radius 2 is 1.35 bits per heavy atom. The molecule has 5 aromatic rings. The Morgan fingerprint density at radius 3 is 2.05 bits per heavy atom. The van der Waals surface area contributed by atoms with Gasteiger partial charge in [-0.25, -0.2) is 15.0 Å². The van der Waals surface area contributed by atoms with Crippen LogP contribution in [0.4, 0.5) is 0 Å². The SMILES string of the molecule is COC(C)CC(C)(C)c1cc(-c2cc(-c3cccc(-c4ncccn4)c3)nc(-c3ccccc3O)c2)cc(C(C)(C)C)c1. The van der Waals surface area contributed by atoms with Gasteiger partial charge in [-0.15, -0.1) is 0 Å². The van der Waals surface area contributed by atoms with Crippen LogP contribution in [0.3, 0.4) is 0 Å². The van der Waals surface area contributed by atoms with Gasteiger partial charge in [-0.2, -0.15) is 0 Å². The zero-order valence-corrected chi connectivity index (χ0v) is 26.2. The van der Waals surface area contributed by atoms with E-state index in [0.717, 1.165) is 34.4 Å². The van der Waals surface area contributed by atoms with E-state index in [1.54, 1.807) is 25.6 Å². The van der Waals surface area contributed by atoms with E-state index in [-0.39, 0.29) is 22.7 Å². The van der Waals surface area contributed by atoms with Gasteiger partial charge in [-0.1, -0.05) is 83.1 Å². The Morgan fingerprint density at radius 1 is 0.698 bits per heavy atom. The highest BCUT2D eigenvalue weighted by Crippen LogP contribution is 2.39. The van der Waals surface area contributed by atoms with Gasteiger partial charge < -0.3 is 9.84 Å². The number of aromatic hydroxyl groups is 1. The summed E-state index contributed by atoms with van der Waals surface area (Å²) in [5.41, 5.74) is 8.61. The number of pyridine rings is 1. The number of rotatable bonds is 8. The Labute approximate surface area is 255 Å². The van der Waals surface area contributed by atoms with E-state index < -0.39 is 0 Å². The first-order valence-corrected chi connectivity index (χ1v) is 14.8. The maximum atomic E-state index is 10.8. The van der Waals surface area contributed by atoms with Gasteiger partial charge in [-0.05, 0) is 82.8 Å². The number of phenols is 1. The second-order valence-corrected chi connectivity index (χ2v) is 13.0. The lowest BCUT2D eigenvalue weighted by Gasteiger charge is -2.31. The van der Waals surface area contributed by atoms with Crippen LogP contribution >= 0.6 is 0 Å². The Balaban J connectivity index is 1.73. The van der Waals surface area contributed by atoms with Gasteiger partial charge >= 0.3 is 0 Å². The van der Waals surface area contributed by atoms with E-state index >= 15 is 0 Å². The number of hydrogen-bond donors (Lipinski definition) is 1. The third kappa shape index (κ3) is 6.84. The van der Waals surface area contributed by atoms with Crippen LogP contribution in [0.1, 0.15) is 59.1 Å². The van der Waals surface area contributed by atoms with Crippen LogP contribution in [0.5, 0.6) is 5.75 Å². The predicted octanol–water partition coefficient (Wildman–Crippen LogP) is 9.25. The maximum Gasteiger partial charge on any atom is 0.159 e. The highest BCUT2D eigenvalue weighted by atomic mass is 16.5. The third-order valence-corrected chi connectivity index (χ3v) is 8.10. The van der Waals surface area contributed by atoms with Crippen LogP contribution in [-0.2, 0) is 15.6 Å². The molecule has 2 heterocycles. The molecule has 2 aromatic heterocycles. The normalized spacial score (nSPS) is 12.7. The molecule has 0 saturated carbocycles. The summed E-state index contributed by atoms with van der Waals surface area (Å²) in [6.07, 6.45) is 4.53. The highest BCUT2D eigenvalue weighted by molar-refractivity contribution is 5.80. The predicted molar refractivity (Wildman–Crippen MR) is 176 cm³/mol. The molecule has 1 N–H and O–H groups in total. The summed E-state index contributed by atoms with van der Waals surface area (Å²) in [4.78, 5) is 14.0. The zero-order chi connectivity index (χ0) is 30.8. The van der Waals surface area contributed by atoms with Crippen molar-refractivity contribution >= 4 is 0 Å². The molecule has 0 amide bonds. The van der Waals surface area contributed by atoms with Gasteiger partial charge in [0, 0.05) is 36.2 Å². The van der Waals surface area contributed by atoms with Gasteiger partial charge in [0.2, 0.25) is 0 Å². The van der Waals surface area contributed by atoms with Crippen LogP contribution in [-0.4, -0.2) is 33.3 Å². The van der Waals surface area contributed by atoms with E-state index in [2.05, 4.69) is 94.0 Å². The van der Waals surface area contributed by atoms with Crippen LogP contribution in [0.2, 0.25) is 0 Å². The first-order valence-electron chi connectivity index (χ1n) is 14.8. The minimum atomic E-state index is -0.105. The third-order valence-electron chi connectivity index (χ3n) is 8.10. The van der Waals surface area contributed by atoms with Crippen LogP contribution < -0.4 is 0 Å². The van der Waals surface area contributed by atoms with Crippen molar-refractivity contribution in [3.05, 3.63) is 108 Å². The number of hydrogen-bond acceptors (Lipinski definition) is 5. The fourth-order valence-corrected chi connectivity index (χ4v) is 5.48. The number of methoxy groups -OCH3 is 1. The molecule has 0 aliphatic carbocycles. The number of nitrogens with zero attached hydrogens (tertiary/aromatic N) is 3. The lowest BCUT2D eigenvalue weighted by atomic mass is 9.75. The van der Waals surface area contributed by atoms with Crippen molar-refractivity contribution < 1.29 is 9.84 Å². The first kappa shape index (κ1) is 30.1. The van der Waals surface area contributed by atoms with Crippen molar-refractivity contribution in [2.45, 2.75) is 64.9 Å². The summed E-state index contributed by atoms with van der Waals surface area (Å²) in [5.74, 6) is 0.861. The molecule has 3 aromatic carbocycles. The Kier molecular flexibility index (Phi) is 8.48. The molecule has 0 aliphatic heterocycles. The van der Waals surface area contributed by atoms with Crippen molar-refractivity contribution in [1.29, 1.82) is 0 Å². The molecule has 1 atom stereocenters. The summed E-state index contributed by atoms with van der Waals surface area (Å²) in [6.45, 7) is 13.5. The van der Waals surface area contributed by atoms with E-state index in [9.17, 15) is 5.11 Å². The first-order chi connectivity index (χ1) is 20.4. The van der Waals surface area contributed by atoms with Crippen molar-refractivity contribution in [1.82, 2.24) is 15.0 Å². The fourth-order valence-electron chi connectivity index (χ4n) is 5.48. The van der Waals surface area contributed by atoms with E-state index in [0.29, 0.717) is 17.1 Å². The van der Waals surface area contributed by atoms with Crippen molar-refractivity contribution in [3.8, 4) is 50.8 Å². The topological polar surface area (TPSA) is 68.1 Å². The summed E-state index contributed by atoms with van der Waals surface area (Å²) in [5, 5.41) is 10.8. The number of para-hydroxylation sites is 1. The van der Waals surface area contributed by atoms with E-state index in [1.165, 1.54) is 11.1 Å². The summed E-state index contributed by atoms with van der Waals surface area (Å²) in [6, 6.07) is 28.5. The lowest BCUT2D eigenvalue weighted by Crippen LogP contribution is -2.25. The standard InChI is InChI=1S/C38H41N3O2/c1-25(43-7)24-38(5,6)31-20-28(19-30(23-31)37(2,3)4)29-21-33(41-34(22-29)32-14-8-9-15-35(32)42)26-12-10-13-27(18-26)36-39-16-11-17-40-36/h8-23,25,42H,24H2,1-7H3. The monoisotopic (exact) mass is 571 g/mol. The van der Waals surface area contributed by atoms with Crippen molar-refractivity contribution in [2.75, 3.05) is 7.11 Å². The number of benzene rings is 3. The fraction of sp³-hybridized carbons (Fsp3) is 0.289. The molecular formula is C38H41N3O2. The van der Waals surface area contributed by atoms with Crippen molar-refractivity contribution in [3.63, 3.8) is 0 Å². The molecule has 43 heavy (non-hydrogen) atoms. The molecular weight excluding hydrogens is 530 g/mol. The van der Waals surface area contributed by atoms with Gasteiger partial charge in [0.1, 0.15) is 5.75 Å². The minimum absolute atomic E-state index is 0.0475. The van der Waals surface area contributed by atoms with Crippen LogP contribution in [0, 0.1) is 0 Å². The molecule has 0 saturated heterocycles. The summed E-state index contributed by atoms with van der Waals surface area (Å²) >= 11 is 0. The van der Waals surface area contributed by atoms with Gasteiger partial charge in [0.15, 0.2) is 5.82 Å². The molecule has 5 nitrogen and oxygen atoms in total. The molecule has 220 valence electrons. The smallest absolute Gasteiger partial charge is 0.159 e. The number of phenolic OH excluding ortho intramolecular Hbond substituents is 1. The van der Waals surface area contributed by atoms with E-state index in [4.69, 9.17) is 9.72 Å². The molecule has 0 spiro atoms. The number of aromatic nitrogens is 3. The summed E-state index contributed by atoms with van der Waals surface area (Å²) in [7, 11) is 1.77. The molecule has 1 unspecified atom stereocenters. The zero-order valence-electron chi connectivity index (χ0n) is 26.2. The molecule has 5 rings (SSSR count). The lowest BCUT2D eigenvalue weighted by molar-refractivity contribution is 0.0927. The van der Waals surface area contributed by atoms with Crippen LogP contribution in [0.15, 0.2) is 97.3 Å². The van der Waals surface area contributed by atoms with Gasteiger partial charge in [0.25, 0.3) is 0 Å². The van der Waals surface area contributed by atoms with E-state index in [1.807, 2.05) is 36.4 Å². The summed E-state index contributed by atoms with van der Waals surface area (Å²) < 4.78 is 5.66.